The molecule has 7 nitrogen and oxygen atoms in total. The molecular formula is C20H15N3O4S. The van der Waals surface area contributed by atoms with E-state index in [0.29, 0.717) is 33.3 Å². The van der Waals surface area contributed by atoms with Crippen LogP contribution in [-0.4, -0.2) is 23.4 Å². The van der Waals surface area contributed by atoms with Gasteiger partial charge >= 0.3 is 5.63 Å². The maximum Gasteiger partial charge on any atom is 0.345 e. The third-order valence-electron chi connectivity index (χ3n) is 4.02. The minimum absolute atomic E-state index is 0.136. The zero-order chi connectivity index (χ0) is 19.5. The van der Waals surface area contributed by atoms with Crippen LogP contribution in [0.3, 0.4) is 0 Å². The molecule has 140 valence electrons. The molecule has 0 bridgehead atoms. The number of phenolic OH excluding ortho intramolecular Hbond substituents is 1. The third kappa shape index (κ3) is 3.45. The van der Waals surface area contributed by atoms with Crippen molar-refractivity contribution in [1.29, 1.82) is 0 Å². The molecule has 0 atom stereocenters. The van der Waals surface area contributed by atoms with Crippen molar-refractivity contribution in [2.45, 2.75) is 0 Å². The number of aromatic nitrogens is 1. The molecule has 2 N–H and O–H groups in total. The van der Waals surface area contributed by atoms with Crippen molar-refractivity contribution in [3.63, 3.8) is 0 Å². The number of thiazole rings is 1. The van der Waals surface area contributed by atoms with E-state index in [2.05, 4.69) is 15.5 Å². The average molecular weight is 393 g/mol. The molecule has 0 saturated heterocycles. The van der Waals surface area contributed by atoms with Crippen molar-refractivity contribution in [2.24, 2.45) is 5.10 Å². The fourth-order valence-electron chi connectivity index (χ4n) is 2.66. The molecule has 0 aliphatic rings. The van der Waals surface area contributed by atoms with Crippen LogP contribution in [-0.2, 0) is 0 Å². The van der Waals surface area contributed by atoms with Crippen LogP contribution in [0.5, 0.6) is 11.5 Å². The van der Waals surface area contributed by atoms with Crippen LogP contribution in [0.15, 0.2) is 68.2 Å². The number of rotatable bonds is 5. The Morgan fingerprint density at radius 3 is 2.93 bits per heavy atom. The van der Waals surface area contributed by atoms with Gasteiger partial charge in [-0.3, -0.25) is 5.43 Å². The van der Waals surface area contributed by atoms with Gasteiger partial charge in [-0.25, -0.2) is 9.78 Å². The highest BCUT2D eigenvalue weighted by molar-refractivity contribution is 7.14. The summed E-state index contributed by atoms with van der Waals surface area (Å²) >= 11 is 1.30. The summed E-state index contributed by atoms with van der Waals surface area (Å²) in [6.07, 6.45) is 1.49. The number of hydrazone groups is 1. The quantitative estimate of drug-likeness (QED) is 0.301. The first-order chi connectivity index (χ1) is 13.7. The third-order valence-corrected chi connectivity index (χ3v) is 4.77. The Bertz CT molecular complexity index is 1230. The van der Waals surface area contributed by atoms with Gasteiger partial charge in [0.25, 0.3) is 0 Å². The van der Waals surface area contributed by atoms with Crippen LogP contribution in [0.4, 0.5) is 5.13 Å². The van der Waals surface area contributed by atoms with Gasteiger partial charge in [0.05, 0.1) is 24.6 Å². The van der Waals surface area contributed by atoms with E-state index in [9.17, 15) is 9.90 Å². The largest absolute Gasteiger partial charge is 0.507 e. The van der Waals surface area contributed by atoms with Crippen LogP contribution >= 0.6 is 11.3 Å². The molecule has 0 spiro atoms. The highest BCUT2D eigenvalue weighted by Gasteiger charge is 2.13. The zero-order valence-electron chi connectivity index (χ0n) is 14.7. The Hall–Kier alpha value is -3.65. The van der Waals surface area contributed by atoms with Gasteiger partial charge in [-0.1, -0.05) is 24.3 Å². The van der Waals surface area contributed by atoms with Gasteiger partial charge in [0.1, 0.15) is 5.75 Å². The lowest BCUT2D eigenvalue weighted by atomic mass is 10.1. The van der Waals surface area contributed by atoms with Crippen LogP contribution in [0.2, 0.25) is 0 Å². The standard InChI is InChI=1S/C20H15N3O4S/c1-26-17-8-4-6-12-9-14(19(25)27-18(12)17)15-11-28-20(22-15)23-21-10-13-5-2-3-7-16(13)24/h2-11,24H,1H3,(H,22,23). The van der Waals surface area contributed by atoms with E-state index in [4.69, 9.17) is 9.15 Å². The van der Waals surface area contributed by atoms with Gasteiger partial charge in [0, 0.05) is 16.3 Å². The predicted octanol–water partition coefficient (Wildman–Crippen LogP) is 4.08. The number of ether oxygens (including phenoxy) is 1. The van der Waals surface area contributed by atoms with Crippen molar-refractivity contribution in [2.75, 3.05) is 12.5 Å². The van der Waals surface area contributed by atoms with Gasteiger partial charge in [0.2, 0.25) is 5.13 Å². The molecule has 2 heterocycles. The Kier molecular flexibility index (Phi) is 4.77. The maximum absolute atomic E-state index is 12.4. The van der Waals surface area contributed by atoms with E-state index < -0.39 is 5.63 Å². The number of methoxy groups -OCH3 is 1. The number of nitrogens with one attached hydrogen (secondary N) is 1. The number of aromatic hydroxyl groups is 1. The number of hydrogen-bond donors (Lipinski definition) is 2. The minimum Gasteiger partial charge on any atom is -0.507 e. The molecule has 0 amide bonds. The van der Waals surface area contributed by atoms with Gasteiger partial charge in [-0.2, -0.15) is 5.10 Å². The number of fused-ring (bicyclic) bond motifs is 1. The first kappa shape index (κ1) is 17.7. The van der Waals surface area contributed by atoms with Crippen LogP contribution in [0.1, 0.15) is 5.56 Å². The van der Waals surface area contributed by atoms with Gasteiger partial charge in [-0.05, 0) is 24.3 Å². The molecule has 0 radical (unpaired) electrons. The molecule has 8 heteroatoms. The fraction of sp³-hybridized carbons (Fsp3) is 0.0500. The summed E-state index contributed by atoms with van der Waals surface area (Å²) in [7, 11) is 1.52. The number of phenols is 1. The normalized spacial score (nSPS) is 11.2. The van der Waals surface area contributed by atoms with E-state index in [0.717, 1.165) is 5.39 Å². The molecule has 2 aromatic carbocycles. The Balaban J connectivity index is 1.60. The van der Waals surface area contributed by atoms with Crippen LogP contribution in [0, 0.1) is 0 Å². The molecule has 0 saturated carbocycles. The summed E-state index contributed by atoms with van der Waals surface area (Å²) in [5.74, 6) is 0.636. The molecule has 28 heavy (non-hydrogen) atoms. The molecule has 4 aromatic rings. The molecule has 4 rings (SSSR count). The van der Waals surface area contributed by atoms with E-state index in [-0.39, 0.29) is 5.75 Å². The highest BCUT2D eigenvalue weighted by atomic mass is 32.1. The summed E-state index contributed by atoms with van der Waals surface area (Å²) in [5, 5.41) is 16.8. The summed E-state index contributed by atoms with van der Waals surface area (Å²) in [6, 6.07) is 14.0. The maximum atomic E-state index is 12.4. The van der Waals surface area contributed by atoms with Crippen molar-refractivity contribution >= 4 is 33.7 Å². The summed E-state index contributed by atoms with van der Waals surface area (Å²) in [5.41, 5.74) is 4.13. The van der Waals surface area contributed by atoms with E-state index in [1.54, 1.807) is 41.8 Å². The number of anilines is 1. The Labute approximate surface area is 163 Å². The first-order valence-electron chi connectivity index (χ1n) is 8.29. The second-order valence-electron chi connectivity index (χ2n) is 5.79. The lowest BCUT2D eigenvalue weighted by Crippen LogP contribution is -2.03. The van der Waals surface area contributed by atoms with E-state index in [1.807, 2.05) is 12.1 Å². The Morgan fingerprint density at radius 2 is 2.11 bits per heavy atom. The van der Waals surface area contributed by atoms with Crippen LogP contribution < -0.4 is 15.8 Å². The van der Waals surface area contributed by atoms with Crippen molar-refractivity contribution in [3.8, 4) is 22.8 Å². The van der Waals surface area contributed by atoms with Gasteiger partial charge in [-0.15, -0.1) is 11.3 Å². The second kappa shape index (κ2) is 7.53. The lowest BCUT2D eigenvalue weighted by Gasteiger charge is -2.04. The predicted molar refractivity (Wildman–Crippen MR) is 109 cm³/mol. The summed E-state index contributed by atoms with van der Waals surface area (Å²) in [6.45, 7) is 0. The molecular weight excluding hydrogens is 378 g/mol. The lowest BCUT2D eigenvalue weighted by molar-refractivity contribution is 0.407. The zero-order valence-corrected chi connectivity index (χ0v) is 15.6. The SMILES string of the molecule is COc1cccc2cc(-c3csc(NN=Cc4ccccc4O)n3)c(=O)oc12. The molecule has 0 aliphatic carbocycles. The molecule has 0 aliphatic heterocycles. The number of hydrogen-bond acceptors (Lipinski definition) is 8. The average Bonchev–Trinajstić information content (AvgIpc) is 3.17. The van der Waals surface area contributed by atoms with E-state index >= 15 is 0 Å². The first-order valence-corrected chi connectivity index (χ1v) is 9.17. The second-order valence-corrected chi connectivity index (χ2v) is 6.65. The summed E-state index contributed by atoms with van der Waals surface area (Å²) < 4.78 is 10.7. The number of benzene rings is 2. The van der Waals surface area contributed by atoms with E-state index in [1.165, 1.54) is 24.7 Å². The summed E-state index contributed by atoms with van der Waals surface area (Å²) in [4.78, 5) is 16.8. The Morgan fingerprint density at radius 1 is 1.25 bits per heavy atom. The monoisotopic (exact) mass is 393 g/mol. The molecule has 0 fully saturated rings. The van der Waals surface area contributed by atoms with Crippen molar-refractivity contribution in [3.05, 3.63) is 69.9 Å². The van der Waals surface area contributed by atoms with Gasteiger partial charge < -0.3 is 14.3 Å². The molecule has 2 aromatic heterocycles. The molecule has 0 unspecified atom stereocenters. The van der Waals surface area contributed by atoms with Crippen molar-refractivity contribution < 1.29 is 14.3 Å². The minimum atomic E-state index is -0.494. The number of nitrogens with zero attached hydrogens (tertiary/aromatic N) is 2. The van der Waals surface area contributed by atoms with Crippen LogP contribution in [0.25, 0.3) is 22.2 Å². The fourth-order valence-corrected chi connectivity index (χ4v) is 3.32. The topological polar surface area (TPSA) is 97.0 Å². The van der Waals surface area contributed by atoms with Gasteiger partial charge in [0.15, 0.2) is 11.3 Å². The smallest absolute Gasteiger partial charge is 0.345 e. The number of para-hydroxylation sites is 2. The van der Waals surface area contributed by atoms with Crippen molar-refractivity contribution in [1.82, 2.24) is 4.98 Å². The highest BCUT2D eigenvalue weighted by Crippen LogP contribution is 2.29.